The highest BCUT2D eigenvalue weighted by molar-refractivity contribution is 6.31. The van der Waals surface area contributed by atoms with E-state index in [1.54, 1.807) is 6.07 Å². The summed E-state index contributed by atoms with van der Waals surface area (Å²) in [5.41, 5.74) is 6.01. The number of nitrogens with two attached hydrogens (primary N) is 1. The minimum Gasteiger partial charge on any atom is -0.391 e. The average molecular weight is 282 g/mol. The number of halogens is 3. The lowest BCUT2D eigenvalue weighted by Crippen LogP contribution is -2.28. The van der Waals surface area contributed by atoms with Crippen LogP contribution in [0.2, 0.25) is 5.02 Å². The van der Waals surface area contributed by atoms with E-state index in [9.17, 15) is 9.50 Å². The molecule has 1 aromatic carbocycles. The smallest absolute Gasteiger partial charge is 0.129 e. The molecular formula is C12H18Cl2FNO. The van der Waals surface area contributed by atoms with Crippen molar-refractivity contribution in [2.45, 2.75) is 32.4 Å². The van der Waals surface area contributed by atoms with E-state index in [0.717, 1.165) is 0 Å². The predicted octanol–water partition coefficient (Wildman–Crippen LogP) is 3.31. The first-order chi connectivity index (χ1) is 7.43. The van der Waals surface area contributed by atoms with Crippen molar-refractivity contribution in [3.05, 3.63) is 34.6 Å². The molecule has 0 spiro atoms. The van der Waals surface area contributed by atoms with Gasteiger partial charge in [0, 0.05) is 10.6 Å². The van der Waals surface area contributed by atoms with Gasteiger partial charge in [-0.1, -0.05) is 31.5 Å². The number of benzene rings is 1. The van der Waals surface area contributed by atoms with Crippen LogP contribution in [0.4, 0.5) is 4.39 Å². The summed E-state index contributed by atoms with van der Waals surface area (Å²) in [5.74, 6) is -0.172. The predicted molar refractivity (Wildman–Crippen MR) is 71.0 cm³/mol. The molecule has 98 valence electrons. The Hall–Kier alpha value is -0.350. The molecule has 0 aliphatic rings. The van der Waals surface area contributed by atoms with E-state index in [1.165, 1.54) is 12.1 Å². The molecule has 0 saturated heterocycles. The Labute approximate surface area is 112 Å². The number of hydrogen-bond donors (Lipinski definition) is 2. The summed E-state index contributed by atoms with van der Waals surface area (Å²) in [5, 5.41) is 10.1. The van der Waals surface area contributed by atoms with Gasteiger partial charge >= 0.3 is 0 Å². The van der Waals surface area contributed by atoms with Crippen molar-refractivity contribution in [2.24, 2.45) is 11.7 Å². The summed E-state index contributed by atoms with van der Waals surface area (Å²) in [6.07, 6.45) is -0.263. The first-order valence-corrected chi connectivity index (χ1v) is 5.68. The van der Waals surface area contributed by atoms with Gasteiger partial charge in [-0.25, -0.2) is 4.39 Å². The quantitative estimate of drug-likeness (QED) is 0.890. The molecule has 0 heterocycles. The number of hydrogen-bond acceptors (Lipinski definition) is 2. The molecule has 0 aliphatic carbocycles. The molecule has 1 rings (SSSR count). The number of rotatable bonds is 4. The van der Waals surface area contributed by atoms with Crippen molar-refractivity contribution in [1.82, 2.24) is 0 Å². The van der Waals surface area contributed by atoms with Gasteiger partial charge in [-0.2, -0.15) is 0 Å². The second-order valence-electron chi connectivity index (χ2n) is 4.36. The van der Waals surface area contributed by atoms with Gasteiger partial charge in [0.1, 0.15) is 5.82 Å². The van der Waals surface area contributed by atoms with Gasteiger partial charge in [0.15, 0.2) is 0 Å². The van der Waals surface area contributed by atoms with E-state index in [-0.39, 0.29) is 23.0 Å². The standard InChI is InChI=1S/C12H17ClFNO.ClH/c1-7(2)6-10(16)12(15)11-8(13)4-3-5-9(11)14;/h3-5,7,10,12,16H,6,15H2,1-2H3;1H/t10-,12-;/m1./s1. The summed E-state index contributed by atoms with van der Waals surface area (Å²) in [6, 6.07) is 3.60. The normalized spacial score (nSPS) is 14.3. The lowest BCUT2D eigenvalue weighted by molar-refractivity contribution is 0.119. The van der Waals surface area contributed by atoms with Crippen molar-refractivity contribution in [2.75, 3.05) is 0 Å². The molecule has 0 aromatic heterocycles. The summed E-state index contributed by atoms with van der Waals surface area (Å²) < 4.78 is 13.5. The van der Waals surface area contributed by atoms with Gasteiger partial charge in [0.05, 0.1) is 12.1 Å². The van der Waals surface area contributed by atoms with Crippen LogP contribution in [0.3, 0.4) is 0 Å². The van der Waals surface area contributed by atoms with E-state index < -0.39 is 18.0 Å². The fourth-order valence-electron chi connectivity index (χ4n) is 1.65. The third kappa shape index (κ3) is 4.43. The van der Waals surface area contributed by atoms with Crippen LogP contribution in [0.25, 0.3) is 0 Å². The monoisotopic (exact) mass is 281 g/mol. The Balaban J connectivity index is 0.00000256. The number of aliphatic hydroxyl groups is 1. The van der Waals surface area contributed by atoms with E-state index >= 15 is 0 Å². The molecule has 0 aliphatic heterocycles. The van der Waals surface area contributed by atoms with Crippen LogP contribution >= 0.6 is 24.0 Å². The maximum absolute atomic E-state index is 13.5. The van der Waals surface area contributed by atoms with Crippen LogP contribution in [-0.4, -0.2) is 11.2 Å². The zero-order valence-electron chi connectivity index (χ0n) is 9.86. The van der Waals surface area contributed by atoms with Gasteiger partial charge in [-0.15, -0.1) is 12.4 Å². The molecular weight excluding hydrogens is 264 g/mol. The lowest BCUT2D eigenvalue weighted by atomic mass is 9.95. The second kappa shape index (κ2) is 7.17. The maximum Gasteiger partial charge on any atom is 0.129 e. The largest absolute Gasteiger partial charge is 0.391 e. The van der Waals surface area contributed by atoms with Crippen molar-refractivity contribution in [3.63, 3.8) is 0 Å². The third-order valence-corrected chi connectivity index (χ3v) is 2.79. The van der Waals surface area contributed by atoms with Crippen LogP contribution in [-0.2, 0) is 0 Å². The molecule has 5 heteroatoms. The zero-order chi connectivity index (χ0) is 12.3. The average Bonchev–Trinajstić information content (AvgIpc) is 2.16. The lowest BCUT2D eigenvalue weighted by Gasteiger charge is -2.22. The van der Waals surface area contributed by atoms with Crippen LogP contribution in [0, 0.1) is 11.7 Å². The Kier molecular flexibility index (Phi) is 7.02. The molecule has 0 unspecified atom stereocenters. The van der Waals surface area contributed by atoms with Crippen LogP contribution in [0.5, 0.6) is 0 Å². The summed E-state index contributed by atoms with van der Waals surface area (Å²) in [4.78, 5) is 0. The Morgan fingerprint density at radius 3 is 2.47 bits per heavy atom. The van der Waals surface area contributed by atoms with Gasteiger partial charge in [0.25, 0.3) is 0 Å². The van der Waals surface area contributed by atoms with E-state index in [2.05, 4.69) is 0 Å². The molecule has 0 amide bonds. The summed E-state index contributed by atoms with van der Waals surface area (Å²) in [6.45, 7) is 3.94. The highest BCUT2D eigenvalue weighted by atomic mass is 35.5. The first-order valence-electron chi connectivity index (χ1n) is 5.31. The molecule has 1 aromatic rings. The third-order valence-electron chi connectivity index (χ3n) is 2.46. The molecule has 0 saturated carbocycles. The SMILES string of the molecule is CC(C)C[C@@H](O)[C@@H](N)c1c(F)cccc1Cl.Cl. The van der Waals surface area contributed by atoms with Crippen LogP contribution in [0.1, 0.15) is 31.9 Å². The highest BCUT2D eigenvalue weighted by Gasteiger charge is 2.23. The first kappa shape index (κ1) is 16.6. The van der Waals surface area contributed by atoms with E-state index in [0.29, 0.717) is 12.3 Å². The van der Waals surface area contributed by atoms with Gasteiger partial charge in [-0.05, 0) is 24.5 Å². The van der Waals surface area contributed by atoms with Crippen molar-refractivity contribution < 1.29 is 9.50 Å². The van der Waals surface area contributed by atoms with Crippen molar-refractivity contribution >= 4 is 24.0 Å². The van der Waals surface area contributed by atoms with Gasteiger partial charge in [0.2, 0.25) is 0 Å². The van der Waals surface area contributed by atoms with Crippen LogP contribution < -0.4 is 5.73 Å². The van der Waals surface area contributed by atoms with Gasteiger partial charge in [-0.3, -0.25) is 0 Å². The Bertz CT molecular complexity index is 340. The maximum atomic E-state index is 13.5. The molecule has 0 fully saturated rings. The Morgan fingerprint density at radius 2 is 2.00 bits per heavy atom. The minimum atomic E-state index is -0.783. The molecule has 0 bridgehead atoms. The zero-order valence-corrected chi connectivity index (χ0v) is 11.4. The van der Waals surface area contributed by atoms with E-state index in [4.69, 9.17) is 17.3 Å². The molecule has 17 heavy (non-hydrogen) atoms. The molecule has 0 radical (unpaired) electrons. The molecule has 2 atom stereocenters. The summed E-state index contributed by atoms with van der Waals surface area (Å²) >= 11 is 5.87. The topological polar surface area (TPSA) is 46.2 Å². The number of aliphatic hydroxyl groups excluding tert-OH is 1. The van der Waals surface area contributed by atoms with Crippen molar-refractivity contribution in [1.29, 1.82) is 0 Å². The minimum absolute atomic E-state index is 0. The van der Waals surface area contributed by atoms with Crippen LogP contribution in [0.15, 0.2) is 18.2 Å². The fourth-order valence-corrected chi connectivity index (χ4v) is 1.94. The molecule has 2 nitrogen and oxygen atoms in total. The Morgan fingerprint density at radius 1 is 1.41 bits per heavy atom. The van der Waals surface area contributed by atoms with E-state index in [1.807, 2.05) is 13.8 Å². The highest BCUT2D eigenvalue weighted by Crippen LogP contribution is 2.28. The summed E-state index contributed by atoms with van der Waals surface area (Å²) in [7, 11) is 0. The fraction of sp³-hybridized carbons (Fsp3) is 0.500. The molecule has 3 N–H and O–H groups in total. The van der Waals surface area contributed by atoms with Crippen molar-refractivity contribution in [3.8, 4) is 0 Å². The van der Waals surface area contributed by atoms with Gasteiger partial charge < -0.3 is 10.8 Å². The second-order valence-corrected chi connectivity index (χ2v) is 4.77.